The number of benzene rings is 1. The molecule has 3 unspecified atom stereocenters. The van der Waals surface area contributed by atoms with Gasteiger partial charge in [0.2, 0.25) is 0 Å². The third-order valence-corrected chi connectivity index (χ3v) is 4.79. The van der Waals surface area contributed by atoms with Crippen LogP contribution in [-0.4, -0.2) is 6.10 Å². The topological polar surface area (TPSA) is 33.0 Å². The fourth-order valence-electron chi connectivity index (χ4n) is 3.40. The molecular formula is C19H27NO. The first kappa shape index (κ1) is 15.9. The molecule has 0 amide bonds. The smallest absolute Gasteiger partial charge is 0.120 e. The van der Waals surface area contributed by atoms with Crippen LogP contribution in [0.15, 0.2) is 18.2 Å². The molecule has 0 aliphatic heterocycles. The van der Waals surface area contributed by atoms with Crippen molar-refractivity contribution in [2.45, 2.75) is 65.4 Å². The molecule has 0 spiro atoms. The summed E-state index contributed by atoms with van der Waals surface area (Å²) in [7, 11) is 0. The maximum atomic E-state index is 9.34. The van der Waals surface area contributed by atoms with Gasteiger partial charge in [-0.15, -0.1) is 0 Å². The van der Waals surface area contributed by atoms with Crippen LogP contribution in [0.5, 0.6) is 5.75 Å². The first-order chi connectivity index (χ1) is 10.0. The van der Waals surface area contributed by atoms with Crippen molar-refractivity contribution in [3.63, 3.8) is 0 Å². The Morgan fingerprint density at radius 1 is 1.33 bits per heavy atom. The minimum Gasteiger partial charge on any atom is -0.489 e. The maximum Gasteiger partial charge on any atom is 0.120 e. The normalized spacial score (nSPS) is 25.6. The molecule has 1 aliphatic rings. The van der Waals surface area contributed by atoms with Crippen molar-refractivity contribution in [1.29, 1.82) is 5.26 Å². The van der Waals surface area contributed by atoms with Gasteiger partial charge in [-0.1, -0.05) is 33.3 Å². The number of nitrogens with zero attached hydrogens (tertiary/aromatic N) is 1. The highest BCUT2D eigenvalue weighted by Crippen LogP contribution is 2.34. The zero-order valence-electron chi connectivity index (χ0n) is 13.7. The zero-order valence-corrected chi connectivity index (χ0v) is 13.7. The van der Waals surface area contributed by atoms with Crippen LogP contribution in [0.4, 0.5) is 0 Å². The average Bonchev–Trinajstić information content (AvgIpc) is 2.46. The Hall–Kier alpha value is -1.49. The summed E-state index contributed by atoms with van der Waals surface area (Å²) in [6.45, 7) is 8.79. The van der Waals surface area contributed by atoms with E-state index in [0.717, 1.165) is 18.6 Å². The summed E-state index contributed by atoms with van der Waals surface area (Å²) in [5, 5.41) is 9.34. The van der Waals surface area contributed by atoms with Gasteiger partial charge in [0.05, 0.1) is 12.0 Å². The number of aryl methyl sites for hydroxylation is 1. The van der Waals surface area contributed by atoms with E-state index in [1.54, 1.807) is 0 Å². The van der Waals surface area contributed by atoms with E-state index in [2.05, 4.69) is 52.0 Å². The highest BCUT2D eigenvalue weighted by Gasteiger charge is 2.31. The Bertz CT molecular complexity index is 515. The Labute approximate surface area is 129 Å². The van der Waals surface area contributed by atoms with Crippen LogP contribution >= 0.6 is 0 Å². The number of hydrogen-bond donors (Lipinski definition) is 0. The van der Waals surface area contributed by atoms with Gasteiger partial charge in [0.1, 0.15) is 11.9 Å². The molecule has 114 valence electrons. The Morgan fingerprint density at radius 3 is 2.67 bits per heavy atom. The lowest BCUT2D eigenvalue weighted by Gasteiger charge is -2.32. The van der Waals surface area contributed by atoms with Crippen LogP contribution in [0.3, 0.4) is 0 Å². The van der Waals surface area contributed by atoms with Gasteiger partial charge in [-0.05, 0) is 61.3 Å². The van der Waals surface area contributed by atoms with Crippen LogP contribution < -0.4 is 4.74 Å². The number of hydrogen-bond acceptors (Lipinski definition) is 2. The fourth-order valence-corrected chi connectivity index (χ4v) is 3.40. The third kappa shape index (κ3) is 3.79. The molecule has 0 aromatic heterocycles. The molecule has 0 saturated heterocycles. The van der Waals surface area contributed by atoms with Crippen LogP contribution in [0, 0.1) is 30.1 Å². The second kappa shape index (κ2) is 6.98. The van der Waals surface area contributed by atoms with E-state index in [1.165, 1.54) is 24.0 Å². The van der Waals surface area contributed by atoms with E-state index in [0.29, 0.717) is 11.8 Å². The van der Waals surface area contributed by atoms with Crippen molar-refractivity contribution in [1.82, 2.24) is 0 Å². The van der Waals surface area contributed by atoms with Gasteiger partial charge >= 0.3 is 0 Å². The van der Waals surface area contributed by atoms with Crippen LogP contribution in [-0.2, 0) is 0 Å². The quantitative estimate of drug-likeness (QED) is 0.760. The van der Waals surface area contributed by atoms with Crippen LogP contribution in [0.2, 0.25) is 0 Å². The highest BCUT2D eigenvalue weighted by molar-refractivity contribution is 5.36. The molecule has 21 heavy (non-hydrogen) atoms. The highest BCUT2D eigenvalue weighted by atomic mass is 16.5. The maximum absolute atomic E-state index is 9.34. The van der Waals surface area contributed by atoms with Gasteiger partial charge in [0.25, 0.3) is 0 Å². The zero-order chi connectivity index (χ0) is 15.4. The Kier molecular flexibility index (Phi) is 5.28. The lowest BCUT2D eigenvalue weighted by atomic mass is 9.79. The lowest BCUT2D eigenvalue weighted by molar-refractivity contribution is 0.0892. The van der Waals surface area contributed by atoms with Crippen molar-refractivity contribution in [3.05, 3.63) is 29.3 Å². The fraction of sp³-hybridized carbons (Fsp3) is 0.632. The monoisotopic (exact) mass is 285 g/mol. The molecule has 1 aromatic rings. The van der Waals surface area contributed by atoms with Gasteiger partial charge in [0.15, 0.2) is 0 Å². The summed E-state index contributed by atoms with van der Waals surface area (Å²) in [6.07, 6.45) is 4.39. The molecule has 2 nitrogen and oxygen atoms in total. The van der Waals surface area contributed by atoms with Crippen molar-refractivity contribution < 1.29 is 4.74 Å². The van der Waals surface area contributed by atoms with Crippen molar-refractivity contribution in [2.75, 3.05) is 0 Å². The molecule has 0 bridgehead atoms. The molecule has 3 atom stereocenters. The summed E-state index contributed by atoms with van der Waals surface area (Å²) >= 11 is 0. The van der Waals surface area contributed by atoms with Gasteiger partial charge in [-0.2, -0.15) is 5.26 Å². The van der Waals surface area contributed by atoms with E-state index in [4.69, 9.17) is 4.74 Å². The minimum absolute atomic E-state index is 0.0397. The predicted molar refractivity (Wildman–Crippen MR) is 86.4 cm³/mol. The minimum atomic E-state index is 0.0397. The van der Waals surface area contributed by atoms with Crippen molar-refractivity contribution >= 4 is 0 Å². The summed E-state index contributed by atoms with van der Waals surface area (Å²) in [5.74, 6) is 2.19. The first-order valence-corrected chi connectivity index (χ1v) is 8.22. The number of nitriles is 1. The molecule has 1 fully saturated rings. The molecule has 1 aromatic carbocycles. The summed E-state index contributed by atoms with van der Waals surface area (Å²) in [6, 6.07) is 8.79. The van der Waals surface area contributed by atoms with Crippen molar-refractivity contribution in [2.24, 2.45) is 11.8 Å². The largest absolute Gasteiger partial charge is 0.489 e. The molecule has 0 heterocycles. The third-order valence-electron chi connectivity index (χ3n) is 4.79. The number of rotatable bonds is 4. The molecule has 0 radical (unpaired) electrons. The molecule has 1 aliphatic carbocycles. The SMILES string of the molecule is CCC1CCC(C#N)C(Oc2ccc(C(C)C)c(C)c2)C1. The summed E-state index contributed by atoms with van der Waals surface area (Å²) < 4.78 is 6.18. The van der Waals surface area contributed by atoms with E-state index in [9.17, 15) is 5.26 Å². The molecule has 0 N–H and O–H groups in total. The first-order valence-electron chi connectivity index (χ1n) is 8.22. The number of ether oxygens (including phenoxy) is 1. The van der Waals surface area contributed by atoms with E-state index >= 15 is 0 Å². The van der Waals surface area contributed by atoms with Crippen LogP contribution in [0.25, 0.3) is 0 Å². The molecular weight excluding hydrogens is 258 g/mol. The van der Waals surface area contributed by atoms with Gasteiger partial charge in [0, 0.05) is 0 Å². The van der Waals surface area contributed by atoms with Gasteiger partial charge in [-0.3, -0.25) is 0 Å². The van der Waals surface area contributed by atoms with Crippen molar-refractivity contribution in [3.8, 4) is 11.8 Å². The average molecular weight is 285 g/mol. The molecule has 1 saturated carbocycles. The van der Waals surface area contributed by atoms with Crippen LogP contribution in [0.1, 0.15) is 63.5 Å². The standard InChI is InChI=1S/C19H27NO/c1-5-15-6-7-16(12-20)19(11-15)21-17-8-9-18(13(2)3)14(4)10-17/h8-10,13,15-16,19H,5-7,11H2,1-4H3. The van der Waals surface area contributed by atoms with Gasteiger partial charge < -0.3 is 4.74 Å². The molecule has 2 rings (SSSR count). The van der Waals surface area contributed by atoms with E-state index in [-0.39, 0.29) is 12.0 Å². The second-order valence-corrected chi connectivity index (χ2v) is 6.65. The second-order valence-electron chi connectivity index (χ2n) is 6.65. The predicted octanol–water partition coefficient (Wildman–Crippen LogP) is 5.22. The van der Waals surface area contributed by atoms with E-state index in [1.807, 2.05) is 0 Å². The van der Waals surface area contributed by atoms with Gasteiger partial charge in [-0.25, -0.2) is 0 Å². The Balaban J connectivity index is 2.12. The molecule has 2 heteroatoms. The Morgan fingerprint density at radius 2 is 2.10 bits per heavy atom. The lowest BCUT2D eigenvalue weighted by Crippen LogP contribution is -2.33. The summed E-state index contributed by atoms with van der Waals surface area (Å²) in [5.41, 5.74) is 2.65. The van der Waals surface area contributed by atoms with E-state index < -0.39 is 0 Å². The summed E-state index contributed by atoms with van der Waals surface area (Å²) in [4.78, 5) is 0.